The molecule has 1 N–H and O–H groups in total. The van der Waals surface area contributed by atoms with Crippen molar-refractivity contribution in [2.24, 2.45) is 11.8 Å². The van der Waals surface area contributed by atoms with Crippen LogP contribution in [0.5, 0.6) is 0 Å². The second kappa shape index (κ2) is 3.74. The van der Waals surface area contributed by atoms with Crippen LogP contribution in [0.15, 0.2) is 0 Å². The average molecular weight is 230 g/mol. The highest BCUT2D eigenvalue weighted by Crippen LogP contribution is 2.38. The summed E-state index contributed by atoms with van der Waals surface area (Å²) in [5.74, 6) is -0.0883. The van der Waals surface area contributed by atoms with E-state index in [2.05, 4.69) is 0 Å². The van der Waals surface area contributed by atoms with Crippen molar-refractivity contribution in [2.45, 2.75) is 18.9 Å². The van der Waals surface area contributed by atoms with Crippen LogP contribution in [0.25, 0.3) is 0 Å². The van der Waals surface area contributed by atoms with E-state index in [0.29, 0.717) is 13.1 Å². The molecule has 1 aliphatic carbocycles. The van der Waals surface area contributed by atoms with Crippen molar-refractivity contribution in [3.63, 3.8) is 0 Å². The molecule has 0 aromatic heterocycles. The zero-order valence-electron chi connectivity index (χ0n) is 8.33. The summed E-state index contributed by atoms with van der Waals surface area (Å²) in [4.78, 5) is 0. The second-order valence-electron chi connectivity index (χ2n) is 4.30. The molecule has 15 heavy (non-hydrogen) atoms. The number of rotatable bonds is 2. The van der Waals surface area contributed by atoms with Crippen LogP contribution in [0.1, 0.15) is 12.8 Å². The summed E-state index contributed by atoms with van der Waals surface area (Å²) in [6.45, 7) is 0.863. The van der Waals surface area contributed by atoms with Gasteiger partial charge in [0.15, 0.2) is 5.75 Å². The summed E-state index contributed by atoms with van der Waals surface area (Å²) in [5.41, 5.74) is 0. The van der Waals surface area contributed by atoms with Crippen molar-refractivity contribution in [3.8, 4) is 6.07 Å². The lowest BCUT2D eigenvalue weighted by atomic mass is 10.00. The molecule has 5 nitrogen and oxygen atoms in total. The molecule has 0 aromatic rings. The summed E-state index contributed by atoms with van der Waals surface area (Å²) < 4.78 is 24.5. The Labute approximate surface area is 89.4 Å². The quantitative estimate of drug-likeness (QED) is 0.696. The van der Waals surface area contributed by atoms with Crippen LogP contribution in [-0.2, 0) is 10.0 Å². The summed E-state index contributed by atoms with van der Waals surface area (Å²) in [6, 6.07) is 1.67. The number of nitriles is 1. The van der Waals surface area contributed by atoms with E-state index in [-0.39, 0.29) is 17.9 Å². The molecule has 6 heteroatoms. The first-order valence-corrected chi connectivity index (χ1v) is 6.68. The van der Waals surface area contributed by atoms with Crippen LogP contribution in [0.3, 0.4) is 0 Å². The van der Waals surface area contributed by atoms with Gasteiger partial charge in [-0.3, -0.25) is 0 Å². The first kappa shape index (κ1) is 10.9. The van der Waals surface area contributed by atoms with Gasteiger partial charge in [0.1, 0.15) is 0 Å². The molecule has 0 bridgehead atoms. The molecule has 1 saturated heterocycles. The van der Waals surface area contributed by atoms with Crippen molar-refractivity contribution >= 4 is 10.0 Å². The fourth-order valence-electron chi connectivity index (χ4n) is 2.60. The van der Waals surface area contributed by atoms with Crippen LogP contribution < -0.4 is 0 Å². The molecule has 3 unspecified atom stereocenters. The van der Waals surface area contributed by atoms with E-state index in [4.69, 9.17) is 5.26 Å². The molecule has 1 saturated carbocycles. The highest BCUT2D eigenvalue weighted by molar-refractivity contribution is 7.89. The molecular weight excluding hydrogens is 216 g/mol. The van der Waals surface area contributed by atoms with Gasteiger partial charge in [0.25, 0.3) is 0 Å². The fraction of sp³-hybridized carbons (Fsp3) is 0.889. The van der Waals surface area contributed by atoms with Crippen molar-refractivity contribution in [3.05, 3.63) is 0 Å². The maximum absolute atomic E-state index is 11.6. The third-order valence-electron chi connectivity index (χ3n) is 3.43. The Morgan fingerprint density at radius 3 is 2.73 bits per heavy atom. The summed E-state index contributed by atoms with van der Waals surface area (Å²) in [7, 11) is -3.41. The Morgan fingerprint density at radius 1 is 1.40 bits per heavy atom. The molecule has 2 rings (SSSR count). The normalized spacial score (nSPS) is 36.4. The van der Waals surface area contributed by atoms with Gasteiger partial charge >= 0.3 is 0 Å². The molecule has 3 atom stereocenters. The van der Waals surface area contributed by atoms with Crippen LogP contribution in [0, 0.1) is 23.2 Å². The molecule has 1 aliphatic heterocycles. The zero-order chi connectivity index (χ0) is 11.1. The Kier molecular flexibility index (Phi) is 2.71. The number of aliphatic hydroxyl groups excluding tert-OH is 1. The lowest BCUT2D eigenvalue weighted by Crippen LogP contribution is -2.32. The molecule has 0 aromatic carbocycles. The van der Waals surface area contributed by atoms with Crippen molar-refractivity contribution in [1.29, 1.82) is 5.26 Å². The minimum absolute atomic E-state index is 0.0819. The summed E-state index contributed by atoms with van der Waals surface area (Å²) in [6.07, 6.45) is 1.31. The third kappa shape index (κ3) is 1.87. The first-order chi connectivity index (χ1) is 7.04. The largest absolute Gasteiger partial charge is 0.393 e. The number of hydrogen-bond acceptors (Lipinski definition) is 4. The van der Waals surface area contributed by atoms with Gasteiger partial charge in [0.2, 0.25) is 10.0 Å². The van der Waals surface area contributed by atoms with Crippen molar-refractivity contribution in [2.75, 3.05) is 18.8 Å². The van der Waals surface area contributed by atoms with E-state index in [1.807, 2.05) is 0 Å². The molecule has 2 aliphatic rings. The highest BCUT2D eigenvalue weighted by atomic mass is 32.2. The van der Waals surface area contributed by atoms with Crippen molar-refractivity contribution in [1.82, 2.24) is 4.31 Å². The SMILES string of the molecule is N#CCS(=O)(=O)N1CC2CCC(O)C2C1. The lowest BCUT2D eigenvalue weighted by Gasteiger charge is -2.16. The van der Waals surface area contributed by atoms with E-state index in [1.165, 1.54) is 4.31 Å². The predicted octanol–water partition coefficient (Wildman–Crippen LogP) is -0.458. The summed E-state index contributed by atoms with van der Waals surface area (Å²) in [5, 5.41) is 18.0. The van der Waals surface area contributed by atoms with Crippen LogP contribution >= 0.6 is 0 Å². The van der Waals surface area contributed by atoms with E-state index < -0.39 is 15.8 Å². The predicted molar refractivity (Wildman–Crippen MR) is 53.2 cm³/mol. The number of nitrogens with zero attached hydrogens (tertiary/aromatic N) is 2. The average Bonchev–Trinajstić information content (AvgIpc) is 2.69. The molecule has 0 amide bonds. The Bertz CT molecular complexity index is 387. The van der Waals surface area contributed by atoms with Crippen LogP contribution in [0.4, 0.5) is 0 Å². The van der Waals surface area contributed by atoms with Gasteiger partial charge in [-0.25, -0.2) is 12.7 Å². The molecular formula is C9H14N2O3S. The lowest BCUT2D eigenvalue weighted by molar-refractivity contribution is 0.129. The van der Waals surface area contributed by atoms with E-state index in [9.17, 15) is 13.5 Å². The Morgan fingerprint density at radius 2 is 2.13 bits per heavy atom. The topological polar surface area (TPSA) is 81.4 Å². The Hall–Kier alpha value is -0.640. The van der Waals surface area contributed by atoms with Crippen molar-refractivity contribution < 1.29 is 13.5 Å². The van der Waals surface area contributed by atoms with Gasteiger partial charge in [0.05, 0.1) is 12.2 Å². The molecule has 2 fully saturated rings. The van der Waals surface area contributed by atoms with E-state index in [0.717, 1.165) is 12.8 Å². The summed E-state index contributed by atoms with van der Waals surface area (Å²) >= 11 is 0. The second-order valence-corrected chi connectivity index (χ2v) is 6.27. The van der Waals surface area contributed by atoms with E-state index >= 15 is 0 Å². The minimum Gasteiger partial charge on any atom is -0.393 e. The van der Waals surface area contributed by atoms with E-state index in [1.54, 1.807) is 6.07 Å². The van der Waals surface area contributed by atoms with Gasteiger partial charge in [-0.1, -0.05) is 0 Å². The van der Waals surface area contributed by atoms with Gasteiger partial charge in [-0.05, 0) is 18.8 Å². The maximum atomic E-state index is 11.6. The first-order valence-electron chi connectivity index (χ1n) is 5.07. The number of hydrogen-bond donors (Lipinski definition) is 1. The van der Waals surface area contributed by atoms with Gasteiger partial charge in [-0.2, -0.15) is 5.26 Å². The molecule has 84 valence electrons. The molecule has 1 heterocycles. The fourth-order valence-corrected chi connectivity index (χ4v) is 3.76. The third-order valence-corrected chi connectivity index (χ3v) is 5.00. The van der Waals surface area contributed by atoms with Gasteiger partial charge in [-0.15, -0.1) is 0 Å². The number of fused-ring (bicyclic) bond motifs is 1. The smallest absolute Gasteiger partial charge is 0.227 e. The zero-order valence-corrected chi connectivity index (χ0v) is 9.15. The van der Waals surface area contributed by atoms with Crippen LogP contribution in [-0.4, -0.2) is 42.8 Å². The molecule has 0 spiro atoms. The minimum atomic E-state index is -3.41. The Balaban J connectivity index is 2.09. The van der Waals surface area contributed by atoms with Gasteiger partial charge < -0.3 is 5.11 Å². The monoisotopic (exact) mass is 230 g/mol. The highest BCUT2D eigenvalue weighted by Gasteiger charge is 2.45. The van der Waals surface area contributed by atoms with Crippen LogP contribution in [0.2, 0.25) is 0 Å². The van der Waals surface area contributed by atoms with Gasteiger partial charge in [0, 0.05) is 19.0 Å². The number of sulfonamides is 1. The standard InChI is InChI=1S/C9H14N2O3S/c10-3-4-15(13,14)11-5-7-1-2-9(12)8(7)6-11/h7-9,12H,1-2,4-6H2. The maximum Gasteiger partial charge on any atom is 0.227 e. The molecule has 0 radical (unpaired) electrons. The number of aliphatic hydroxyl groups is 1.